The van der Waals surface area contributed by atoms with Crippen LogP contribution in [0.3, 0.4) is 0 Å². The lowest BCUT2D eigenvalue weighted by atomic mass is 10.1. The molecule has 0 spiro atoms. The fourth-order valence-corrected chi connectivity index (χ4v) is 3.04. The highest BCUT2D eigenvalue weighted by molar-refractivity contribution is 5.56. The van der Waals surface area contributed by atoms with Crippen LogP contribution >= 0.6 is 0 Å². The second-order valence-electron chi connectivity index (χ2n) is 5.06. The molecule has 0 saturated carbocycles. The van der Waals surface area contributed by atoms with Gasteiger partial charge in [0, 0.05) is 17.8 Å². The summed E-state index contributed by atoms with van der Waals surface area (Å²) in [6.07, 6.45) is 4.86. The van der Waals surface area contributed by atoms with Crippen LogP contribution in [0.5, 0.6) is 0 Å². The fourth-order valence-electron chi connectivity index (χ4n) is 3.04. The molecule has 2 nitrogen and oxygen atoms in total. The van der Waals surface area contributed by atoms with Crippen molar-refractivity contribution in [2.75, 3.05) is 11.4 Å². The Morgan fingerprint density at radius 3 is 2.76 bits per heavy atom. The van der Waals surface area contributed by atoms with Crippen molar-refractivity contribution in [3.63, 3.8) is 0 Å². The average molecular weight is 232 g/mol. The smallest absolute Gasteiger partial charge is 0.0404 e. The lowest BCUT2D eigenvalue weighted by molar-refractivity contribution is 0.625. The molecule has 0 radical (unpaired) electrons. The Morgan fingerprint density at radius 1 is 1.29 bits per heavy atom. The first kappa shape index (κ1) is 12.4. The quantitative estimate of drug-likeness (QED) is 0.865. The Bertz CT molecular complexity index is 362. The summed E-state index contributed by atoms with van der Waals surface area (Å²) >= 11 is 0. The topological polar surface area (TPSA) is 29.3 Å². The van der Waals surface area contributed by atoms with E-state index in [1.54, 1.807) is 0 Å². The van der Waals surface area contributed by atoms with Crippen LogP contribution in [0.4, 0.5) is 5.69 Å². The van der Waals surface area contributed by atoms with Gasteiger partial charge in [-0.05, 0) is 50.8 Å². The van der Waals surface area contributed by atoms with Crippen molar-refractivity contribution in [2.45, 2.75) is 51.6 Å². The van der Waals surface area contributed by atoms with E-state index in [1.165, 1.54) is 30.5 Å². The second kappa shape index (κ2) is 5.54. The molecule has 1 aliphatic heterocycles. The van der Waals surface area contributed by atoms with Crippen molar-refractivity contribution in [3.8, 4) is 0 Å². The van der Waals surface area contributed by atoms with E-state index < -0.39 is 0 Å². The monoisotopic (exact) mass is 232 g/mol. The summed E-state index contributed by atoms with van der Waals surface area (Å²) in [4.78, 5) is 2.62. The van der Waals surface area contributed by atoms with Crippen LogP contribution in [0.1, 0.15) is 38.7 Å². The van der Waals surface area contributed by atoms with Gasteiger partial charge in [0.25, 0.3) is 0 Å². The highest BCUT2D eigenvalue weighted by Crippen LogP contribution is 2.34. The van der Waals surface area contributed by atoms with Gasteiger partial charge in [0.2, 0.25) is 0 Å². The van der Waals surface area contributed by atoms with Crippen molar-refractivity contribution >= 4 is 5.69 Å². The Morgan fingerprint density at radius 2 is 2.06 bits per heavy atom. The zero-order valence-corrected chi connectivity index (χ0v) is 11.0. The van der Waals surface area contributed by atoms with Crippen molar-refractivity contribution in [3.05, 3.63) is 29.8 Å². The molecule has 2 unspecified atom stereocenters. The minimum Gasteiger partial charge on any atom is -0.366 e. The summed E-state index contributed by atoms with van der Waals surface area (Å²) in [6.45, 7) is 5.37. The van der Waals surface area contributed by atoms with E-state index >= 15 is 0 Å². The lowest BCUT2D eigenvalue weighted by Crippen LogP contribution is -2.35. The Hall–Kier alpha value is -1.02. The molecule has 2 rings (SSSR count). The molecule has 1 aromatic rings. The van der Waals surface area contributed by atoms with Gasteiger partial charge in [-0.2, -0.15) is 0 Å². The van der Waals surface area contributed by atoms with Crippen LogP contribution < -0.4 is 10.6 Å². The highest BCUT2D eigenvalue weighted by Gasteiger charge is 2.30. The van der Waals surface area contributed by atoms with Gasteiger partial charge in [0.05, 0.1) is 0 Å². The van der Waals surface area contributed by atoms with Gasteiger partial charge in [-0.1, -0.05) is 25.1 Å². The molecule has 0 amide bonds. The van der Waals surface area contributed by atoms with E-state index in [2.05, 4.69) is 43.0 Å². The Kier molecular flexibility index (Phi) is 4.06. The van der Waals surface area contributed by atoms with Crippen molar-refractivity contribution in [2.24, 2.45) is 5.73 Å². The summed E-state index contributed by atoms with van der Waals surface area (Å²) in [5.74, 6) is 0. The molecule has 1 aliphatic rings. The zero-order valence-electron chi connectivity index (χ0n) is 11.0. The molecular formula is C15H24N2. The number of para-hydroxylation sites is 1. The molecule has 0 aromatic heterocycles. The maximum atomic E-state index is 5.71. The van der Waals surface area contributed by atoms with E-state index in [0.29, 0.717) is 12.1 Å². The summed E-state index contributed by atoms with van der Waals surface area (Å²) in [6, 6.07) is 10.1. The SMILES string of the molecule is CCC1CCC(C)N1c1ccccc1CCN. The normalized spacial score (nSPS) is 24.3. The van der Waals surface area contributed by atoms with Gasteiger partial charge in [-0.25, -0.2) is 0 Å². The average Bonchev–Trinajstić information content (AvgIpc) is 2.72. The van der Waals surface area contributed by atoms with Gasteiger partial charge in [0.1, 0.15) is 0 Å². The summed E-state index contributed by atoms with van der Waals surface area (Å²) in [5.41, 5.74) is 8.53. The summed E-state index contributed by atoms with van der Waals surface area (Å²) in [7, 11) is 0. The maximum absolute atomic E-state index is 5.71. The molecule has 17 heavy (non-hydrogen) atoms. The first-order chi connectivity index (χ1) is 8.27. The Labute approximate surface area is 105 Å². The third-order valence-corrected chi connectivity index (χ3v) is 3.94. The van der Waals surface area contributed by atoms with E-state index in [-0.39, 0.29) is 0 Å². The second-order valence-corrected chi connectivity index (χ2v) is 5.06. The molecule has 1 heterocycles. The van der Waals surface area contributed by atoms with Crippen LogP contribution in [0.15, 0.2) is 24.3 Å². The number of benzene rings is 1. The number of hydrogen-bond donors (Lipinski definition) is 1. The number of hydrogen-bond acceptors (Lipinski definition) is 2. The van der Waals surface area contributed by atoms with Crippen molar-refractivity contribution < 1.29 is 0 Å². The molecule has 2 atom stereocenters. The predicted molar refractivity (Wildman–Crippen MR) is 74.5 cm³/mol. The van der Waals surface area contributed by atoms with Crippen LogP contribution in [0.25, 0.3) is 0 Å². The largest absolute Gasteiger partial charge is 0.366 e. The first-order valence-corrected chi connectivity index (χ1v) is 6.84. The fraction of sp³-hybridized carbons (Fsp3) is 0.600. The molecule has 0 aliphatic carbocycles. The molecule has 0 bridgehead atoms. The van der Waals surface area contributed by atoms with Gasteiger partial charge < -0.3 is 10.6 Å². The predicted octanol–water partition coefficient (Wildman–Crippen LogP) is 2.96. The van der Waals surface area contributed by atoms with Gasteiger partial charge >= 0.3 is 0 Å². The molecular weight excluding hydrogens is 208 g/mol. The molecule has 1 fully saturated rings. The van der Waals surface area contributed by atoms with E-state index in [1.807, 2.05) is 0 Å². The maximum Gasteiger partial charge on any atom is 0.0404 e. The third-order valence-electron chi connectivity index (χ3n) is 3.94. The summed E-state index contributed by atoms with van der Waals surface area (Å²) < 4.78 is 0. The number of anilines is 1. The number of rotatable bonds is 4. The molecule has 2 heteroatoms. The van der Waals surface area contributed by atoms with E-state index in [4.69, 9.17) is 5.73 Å². The van der Waals surface area contributed by atoms with Crippen molar-refractivity contribution in [1.29, 1.82) is 0 Å². The van der Waals surface area contributed by atoms with Crippen LogP contribution in [0, 0.1) is 0 Å². The zero-order chi connectivity index (χ0) is 12.3. The van der Waals surface area contributed by atoms with Crippen LogP contribution in [-0.4, -0.2) is 18.6 Å². The molecule has 1 aromatic carbocycles. The van der Waals surface area contributed by atoms with Crippen LogP contribution in [-0.2, 0) is 6.42 Å². The van der Waals surface area contributed by atoms with Gasteiger partial charge in [0.15, 0.2) is 0 Å². The van der Waals surface area contributed by atoms with Gasteiger partial charge in [-0.3, -0.25) is 0 Å². The van der Waals surface area contributed by atoms with E-state index in [9.17, 15) is 0 Å². The third kappa shape index (κ3) is 2.47. The summed E-state index contributed by atoms with van der Waals surface area (Å²) in [5, 5.41) is 0. The molecule has 94 valence electrons. The van der Waals surface area contributed by atoms with Crippen molar-refractivity contribution in [1.82, 2.24) is 0 Å². The number of nitrogens with two attached hydrogens (primary N) is 1. The van der Waals surface area contributed by atoms with E-state index in [0.717, 1.165) is 13.0 Å². The lowest BCUT2D eigenvalue weighted by Gasteiger charge is -2.32. The minimum atomic E-state index is 0.666. The number of nitrogens with zero attached hydrogens (tertiary/aromatic N) is 1. The van der Waals surface area contributed by atoms with Crippen LogP contribution in [0.2, 0.25) is 0 Å². The molecule has 1 saturated heterocycles. The minimum absolute atomic E-state index is 0.666. The molecule has 2 N–H and O–H groups in total. The highest BCUT2D eigenvalue weighted by atomic mass is 15.2. The van der Waals surface area contributed by atoms with Gasteiger partial charge in [-0.15, -0.1) is 0 Å². The Balaban J connectivity index is 2.31. The first-order valence-electron chi connectivity index (χ1n) is 6.84. The standard InChI is InChI=1S/C15H24N2/c1-3-14-9-8-12(2)17(14)15-7-5-4-6-13(15)10-11-16/h4-7,12,14H,3,8-11,16H2,1-2H3.